The van der Waals surface area contributed by atoms with Crippen LogP contribution in [-0.4, -0.2) is 11.2 Å². The van der Waals surface area contributed by atoms with Crippen LogP contribution in [0.4, 0.5) is 0 Å². The van der Waals surface area contributed by atoms with Gasteiger partial charge in [-0.1, -0.05) is 15.9 Å². The van der Waals surface area contributed by atoms with Crippen LogP contribution >= 0.6 is 15.9 Å². The van der Waals surface area contributed by atoms with E-state index in [-0.39, 0.29) is 6.10 Å². The largest absolute Gasteiger partial charge is 0.389 e. The fourth-order valence-corrected chi connectivity index (χ4v) is 1.20. The molecular formula is C5H7BrO. The average molecular weight is 163 g/mol. The van der Waals surface area contributed by atoms with E-state index in [9.17, 15) is 0 Å². The summed E-state index contributed by atoms with van der Waals surface area (Å²) >= 11 is 3.28. The first-order valence-electron chi connectivity index (χ1n) is 2.33. The second-order valence-electron chi connectivity index (χ2n) is 1.72. The topological polar surface area (TPSA) is 20.2 Å². The second kappa shape index (κ2) is 1.97. The highest BCUT2D eigenvalue weighted by atomic mass is 79.9. The van der Waals surface area contributed by atoms with E-state index in [1.54, 1.807) is 0 Å². The van der Waals surface area contributed by atoms with Crippen LogP contribution in [-0.2, 0) is 0 Å². The molecule has 0 amide bonds. The molecule has 40 valence electrons. The molecule has 0 saturated heterocycles. The van der Waals surface area contributed by atoms with Crippen molar-refractivity contribution in [2.24, 2.45) is 0 Å². The van der Waals surface area contributed by atoms with E-state index >= 15 is 0 Å². The molecule has 0 aromatic heterocycles. The molecule has 0 bridgehead atoms. The summed E-state index contributed by atoms with van der Waals surface area (Å²) < 4.78 is 1.14. The van der Waals surface area contributed by atoms with E-state index in [1.165, 1.54) is 0 Å². The van der Waals surface area contributed by atoms with E-state index in [0.717, 1.165) is 17.3 Å². The fourth-order valence-electron chi connectivity index (χ4n) is 0.661. The fraction of sp³-hybridized carbons (Fsp3) is 0.600. The van der Waals surface area contributed by atoms with Crippen LogP contribution in [0.25, 0.3) is 0 Å². The minimum atomic E-state index is -0.186. The lowest BCUT2D eigenvalue weighted by Gasteiger charge is -1.89. The zero-order valence-electron chi connectivity index (χ0n) is 3.89. The molecule has 0 aliphatic heterocycles. The number of aliphatic hydroxyl groups excluding tert-OH is 1. The number of hydrogen-bond donors (Lipinski definition) is 1. The van der Waals surface area contributed by atoms with Crippen LogP contribution in [0.5, 0.6) is 0 Å². The van der Waals surface area contributed by atoms with Gasteiger partial charge in [-0.05, 0) is 23.4 Å². The first-order chi connectivity index (χ1) is 3.29. The Bertz CT molecular complexity index is 98.3. The SMILES string of the molecule is O[C@@H]1C=C(Br)CC1. The standard InChI is InChI=1S/C5H7BrO/c6-4-1-2-5(7)3-4/h3,5,7H,1-2H2/t5-/m0/s1. The molecule has 0 saturated carbocycles. The number of allylic oxidation sites excluding steroid dienone is 1. The lowest BCUT2D eigenvalue weighted by Crippen LogP contribution is -1.93. The third kappa shape index (κ3) is 1.28. The summed E-state index contributed by atoms with van der Waals surface area (Å²) in [5.41, 5.74) is 0. The van der Waals surface area contributed by atoms with Crippen molar-refractivity contribution in [3.05, 3.63) is 10.6 Å². The van der Waals surface area contributed by atoms with Gasteiger partial charge in [-0.3, -0.25) is 0 Å². The molecule has 2 heteroatoms. The van der Waals surface area contributed by atoms with Crippen LogP contribution < -0.4 is 0 Å². The van der Waals surface area contributed by atoms with Crippen molar-refractivity contribution in [3.63, 3.8) is 0 Å². The van der Waals surface area contributed by atoms with E-state index in [4.69, 9.17) is 5.11 Å². The number of halogens is 1. The van der Waals surface area contributed by atoms with Gasteiger partial charge in [0.15, 0.2) is 0 Å². The summed E-state index contributed by atoms with van der Waals surface area (Å²) in [4.78, 5) is 0. The minimum absolute atomic E-state index is 0.186. The highest BCUT2D eigenvalue weighted by Crippen LogP contribution is 2.22. The maximum atomic E-state index is 8.79. The molecular weight excluding hydrogens is 156 g/mol. The molecule has 0 heterocycles. The van der Waals surface area contributed by atoms with Crippen molar-refractivity contribution in [2.45, 2.75) is 18.9 Å². The first kappa shape index (κ1) is 5.32. The van der Waals surface area contributed by atoms with Crippen molar-refractivity contribution in [1.29, 1.82) is 0 Å². The number of hydrogen-bond acceptors (Lipinski definition) is 1. The molecule has 1 aliphatic rings. The van der Waals surface area contributed by atoms with Crippen LogP contribution in [0.15, 0.2) is 10.6 Å². The zero-order valence-corrected chi connectivity index (χ0v) is 5.48. The molecule has 7 heavy (non-hydrogen) atoms. The second-order valence-corrected chi connectivity index (χ2v) is 2.74. The van der Waals surface area contributed by atoms with Gasteiger partial charge in [0.1, 0.15) is 0 Å². The van der Waals surface area contributed by atoms with Gasteiger partial charge in [-0.15, -0.1) is 0 Å². The highest BCUT2D eigenvalue weighted by Gasteiger charge is 2.08. The van der Waals surface area contributed by atoms with Gasteiger partial charge in [0.05, 0.1) is 6.10 Å². The maximum absolute atomic E-state index is 8.79. The molecule has 1 rings (SSSR count). The van der Waals surface area contributed by atoms with Crippen LogP contribution in [0.1, 0.15) is 12.8 Å². The van der Waals surface area contributed by atoms with Crippen LogP contribution in [0.3, 0.4) is 0 Å². The van der Waals surface area contributed by atoms with Crippen molar-refractivity contribution in [3.8, 4) is 0 Å². The van der Waals surface area contributed by atoms with Crippen molar-refractivity contribution in [2.75, 3.05) is 0 Å². The highest BCUT2D eigenvalue weighted by molar-refractivity contribution is 9.11. The molecule has 0 aromatic carbocycles. The Morgan fingerprint density at radius 3 is 2.71 bits per heavy atom. The summed E-state index contributed by atoms with van der Waals surface area (Å²) in [5.74, 6) is 0. The Hall–Kier alpha value is 0.180. The van der Waals surface area contributed by atoms with Gasteiger partial charge >= 0.3 is 0 Å². The summed E-state index contributed by atoms with van der Waals surface area (Å²) in [6, 6.07) is 0. The van der Waals surface area contributed by atoms with Gasteiger partial charge in [-0.2, -0.15) is 0 Å². The first-order valence-corrected chi connectivity index (χ1v) is 3.12. The molecule has 1 aliphatic carbocycles. The lowest BCUT2D eigenvalue weighted by atomic mass is 10.3. The van der Waals surface area contributed by atoms with Gasteiger partial charge in [0.25, 0.3) is 0 Å². The molecule has 0 unspecified atom stereocenters. The Morgan fingerprint density at radius 1 is 1.86 bits per heavy atom. The lowest BCUT2D eigenvalue weighted by molar-refractivity contribution is 0.223. The third-order valence-electron chi connectivity index (χ3n) is 1.05. The van der Waals surface area contributed by atoms with Gasteiger partial charge in [0.2, 0.25) is 0 Å². The summed E-state index contributed by atoms with van der Waals surface area (Å²) in [5, 5.41) is 8.79. The smallest absolute Gasteiger partial charge is 0.0734 e. The number of rotatable bonds is 0. The van der Waals surface area contributed by atoms with Gasteiger partial charge < -0.3 is 5.11 Å². The van der Waals surface area contributed by atoms with E-state index in [1.807, 2.05) is 6.08 Å². The average Bonchev–Trinajstić information content (AvgIpc) is 1.87. The zero-order chi connectivity index (χ0) is 5.28. The molecule has 1 atom stereocenters. The molecule has 0 fully saturated rings. The maximum Gasteiger partial charge on any atom is 0.0734 e. The molecule has 1 N–H and O–H groups in total. The Kier molecular flexibility index (Phi) is 1.50. The van der Waals surface area contributed by atoms with Gasteiger partial charge in [-0.25, -0.2) is 0 Å². The van der Waals surface area contributed by atoms with Crippen molar-refractivity contribution < 1.29 is 5.11 Å². The predicted molar refractivity (Wildman–Crippen MR) is 32.3 cm³/mol. The number of aliphatic hydroxyl groups is 1. The Balaban J connectivity index is 2.50. The quantitative estimate of drug-likeness (QED) is 0.572. The Labute approximate surface area is 51.2 Å². The van der Waals surface area contributed by atoms with E-state index < -0.39 is 0 Å². The minimum Gasteiger partial charge on any atom is -0.389 e. The summed E-state index contributed by atoms with van der Waals surface area (Å²) in [6.07, 6.45) is 3.54. The van der Waals surface area contributed by atoms with Crippen LogP contribution in [0, 0.1) is 0 Å². The monoisotopic (exact) mass is 162 g/mol. The van der Waals surface area contributed by atoms with E-state index in [0.29, 0.717) is 0 Å². The van der Waals surface area contributed by atoms with Crippen molar-refractivity contribution in [1.82, 2.24) is 0 Å². The van der Waals surface area contributed by atoms with E-state index in [2.05, 4.69) is 15.9 Å². The Morgan fingerprint density at radius 2 is 2.57 bits per heavy atom. The van der Waals surface area contributed by atoms with Gasteiger partial charge in [0, 0.05) is 0 Å². The molecule has 0 spiro atoms. The summed E-state index contributed by atoms with van der Waals surface area (Å²) in [7, 11) is 0. The summed E-state index contributed by atoms with van der Waals surface area (Å²) in [6.45, 7) is 0. The molecule has 1 nitrogen and oxygen atoms in total. The third-order valence-corrected chi connectivity index (χ3v) is 1.71. The van der Waals surface area contributed by atoms with Crippen molar-refractivity contribution >= 4 is 15.9 Å². The normalized spacial score (nSPS) is 30.6. The predicted octanol–water partition coefficient (Wildman–Crippen LogP) is 1.42. The molecule has 0 radical (unpaired) electrons. The molecule has 0 aromatic rings. The van der Waals surface area contributed by atoms with Crippen LogP contribution in [0.2, 0.25) is 0 Å².